The van der Waals surface area contributed by atoms with Gasteiger partial charge in [-0.15, -0.1) is 0 Å². The lowest BCUT2D eigenvalue weighted by atomic mass is 10.00. The van der Waals surface area contributed by atoms with Crippen molar-refractivity contribution in [2.24, 2.45) is 5.73 Å². The highest BCUT2D eigenvalue weighted by molar-refractivity contribution is 7.90. The molecule has 0 radical (unpaired) electrons. The maximum Gasteiger partial charge on any atom is 0.175 e. The van der Waals surface area contributed by atoms with Crippen LogP contribution in [0.5, 0.6) is 0 Å². The SMILES string of the molecule is CC(C)(N)CC/C=C/c1ccc(S(C)(=O)=O)cc1. The Balaban J connectivity index is 2.62. The number of nitrogens with two attached hydrogens (primary N) is 1. The molecule has 0 saturated heterocycles. The van der Waals surface area contributed by atoms with Crippen LogP contribution in [0.1, 0.15) is 32.3 Å². The number of allylic oxidation sites excluding steroid dienone is 1. The van der Waals surface area contributed by atoms with E-state index in [4.69, 9.17) is 5.73 Å². The van der Waals surface area contributed by atoms with Crippen LogP contribution in [0.2, 0.25) is 0 Å². The third kappa shape index (κ3) is 5.47. The molecule has 0 aromatic heterocycles. The molecule has 0 aliphatic carbocycles. The molecule has 0 aliphatic heterocycles. The van der Waals surface area contributed by atoms with Crippen molar-refractivity contribution in [3.05, 3.63) is 35.9 Å². The van der Waals surface area contributed by atoms with Crippen LogP contribution in [0.4, 0.5) is 0 Å². The first-order valence-corrected chi connectivity index (χ1v) is 7.83. The van der Waals surface area contributed by atoms with Gasteiger partial charge in [0.15, 0.2) is 9.84 Å². The van der Waals surface area contributed by atoms with Crippen molar-refractivity contribution in [3.8, 4) is 0 Å². The molecule has 0 spiro atoms. The predicted molar refractivity (Wildman–Crippen MR) is 76.1 cm³/mol. The number of sulfone groups is 1. The standard InChI is InChI=1S/C14H21NO2S/c1-14(2,15)11-5-4-6-12-7-9-13(10-8-12)18(3,16)17/h4,6-10H,5,11,15H2,1-3H3/b6-4+. The molecule has 0 fully saturated rings. The third-order valence-electron chi connectivity index (χ3n) is 2.57. The first kappa shape index (κ1) is 14.9. The van der Waals surface area contributed by atoms with E-state index in [0.29, 0.717) is 4.90 Å². The van der Waals surface area contributed by atoms with Crippen molar-refractivity contribution in [1.29, 1.82) is 0 Å². The smallest absolute Gasteiger partial charge is 0.175 e. The number of rotatable bonds is 5. The van der Waals surface area contributed by atoms with Gasteiger partial charge in [0.2, 0.25) is 0 Å². The van der Waals surface area contributed by atoms with Gasteiger partial charge in [0.05, 0.1) is 4.90 Å². The van der Waals surface area contributed by atoms with Crippen LogP contribution in [0.3, 0.4) is 0 Å². The lowest BCUT2D eigenvalue weighted by Crippen LogP contribution is -2.31. The predicted octanol–water partition coefficient (Wildman–Crippen LogP) is 2.62. The van der Waals surface area contributed by atoms with E-state index in [1.54, 1.807) is 24.3 Å². The Morgan fingerprint density at radius 2 is 1.78 bits per heavy atom. The average Bonchev–Trinajstić information content (AvgIpc) is 2.22. The van der Waals surface area contributed by atoms with E-state index in [2.05, 4.69) is 6.08 Å². The van der Waals surface area contributed by atoms with Crippen molar-refractivity contribution >= 4 is 15.9 Å². The van der Waals surface area contributed by atoms with Crippen LogP contribution in [0.15, 0.2) is 35.2 Å². The summed E-state index contributed by atoms with van der Waals surface area (Å²) in [7, 11) is -3.10. The molecule has 100 valence electrons. The summed E-state index contributed by atoms with van der Waals surface area (Å²) in [6.07, 6.45) is 7.09. The molecular formula is C14H21NO2S. The van der Waals surface area contributed by atoms with Gasteiger partial charge in [0, 0.05) is 11.8 Å². The first-order valence-electron chi connectivity index (χ1n) is 5.94. The Kier molecular flexibility index (Phi) is 4.71. The Bertz CT molecular complexity index is 508. The summed E-state index contributed by atoms with van der Waals surface area (Å²) >= 11 is 0. The van der Waals surface area contributed by atoms with Gasteiger partial charge in [-0.3, -0.25) is 0 Å². The van der Waals surface area contributed by atoms with Crippen LogP contribution in [0.25, 0.3) is 6.08 Å². The van der Waals surface area contributed by atoms with E-state index < -0.39 is 9.84 Å². The van der Waals surface area contributed by atoms with E-state index in [0.717, 1.165) is 18.4 Å². The molecule has 0 bridgehead atoms. The number of hydrogen-bond donors (Lipinski definition) is 1. The molecule has 1 aromatic rings. The molecular weight excluding hydrogens is 246 g/mol. The second-order valence-corrected chi connectivity index (χ2v) is 7.29. The van der Waals surface area contributed by atoms with Crippen LogP contribution >= 0.6 is 0 Å². The van der Waals surface area contributed by atoms with Gasteiger partial charge < -0.3 is 5.73 Å². The molecule has 0 heterocycles. The second-order valence-electron chi connectivity index (χ2n) is 5.27. The van der Waals surface area contributed by atoms with E-state index >= 15 is 0 Å². The fourth-order valence-corrected chi connectivity index (χ4v) is 2.13. The quantitative estimate of drug-likeness (QED) is 0.892. The summed E-state index contributed by atoms with van der Waals surface area (Å²) in [5.41, 5.74) is 6.73. The van der Waals surface area contributed by atoms with E-state index in [1.165, 1.54) is 6.26 Å². The third-order valence-corrected chi connectivity index (χ3v) is 3.70. The Hall–Kier alpha value is -1.13. The Labute approximate surface area is 110 Å². The highest BCUT2D eigenvalue weighted by Gasteiger charge is 2.08. The molecule has 0 saturated carbocycles. The molecule has 0 atom stereocenters. The topological polar surface area (TPSA) is 60.2 Å². The largest absolute Gasteiger partial charge is 0.326 e. The van der Waals surface area contributed by atoms with Gasteiger partial charge >= 0.3 is 0 Å². The summed E-state index contributed by atoms with van der Waals surface area (Å²) in [4.78, 5) is 0.350. The second kappa shape index (κ2) is 5.67. The van der Waals surface area contributed by atoms with Crippen LogP contribution < -0.4 is 5.73 Å². The minimum atomic E-state index is -3.10. The van der Waals surface area contributed by atoms with Crippen LogP contribution in [-0.4, -0.2) is 20.2 Å². The van der Waals surface area contributed by atoms with Crippen molar-refractivity contribution < 1.29 is 8.42 Å². The van der Waals surface area contributed by atoms with Crippen molar-refractivity contribution in [1.82, 2.24) is 0 Å². The van der Waals surface area contributed by atoms with Crippen LogP contribution in [0, 0.1) is 0 Å². The highest BCUT2D eigenvalue weighted by atomic mass is 32.2. The summed E-state index contributed by atoms with van der Waals surface area (Å²) in [5, 5.41) is 0. The lowest BCUT2D eigenvalue weighted by molar-refractivity contribution is 0.482. The fraction of sp³-hybridized carbons (Fsp3) is 0.429. The molecule has 2 N–H and O–H groups in total. The molecule has 1 aromatic carbocycles. The van der Waals surface area contributed by atoms with Crippen molar-refractivity contribution in [2.45, 2.75) is 37.1 Å². The molecule has 0 amide bonds. The van der Waals surface area contributed by atoms with Crippen molar-refractivity contribution in [3.63, 3.8) is 0 Å². The minimum Gasteiger partial charge on any atom is -0.326 e. The van der Waals surface area contributed by atoms with Gasteiger partial charge in [-0.1, -0.05) is 24.3 Å². The van der Waals surface area contributed by atoms with Crippen molar-refractivity contribution in [2.75, 3.05) is 6.26 Å². The summed E-state index contributed by atoms with van der Waals surface area (Å²) < 4.78 is 22.6. The first-order chi connectivity index (χ1) is 8.18. The summed E-state index contributed by atoms with van der Waals surface area (Å²) in [5.74, 6) is 0. The normalized spacial score (nSPS) is 13.1. The fourth-order valence-electron chi connectivity index (χ4n) is 1.50. The van der Waals surface area contributed by atoms with E-state index in [1.807, 2.05) is 19.9 Å². The molecule has 0 unspecified atom stereocenters. The maximum atomic E-state index is 11.3. The number of benzene rings is 1. The maximum absolute atomic E-state index is 11.3. The van der Waals surface area contributed by atoms with E-state index in [9.17, 15) is 8.42 Å². The van der Waals surface area contributed by atoms with Gasteiger partial charge in [0.1, 0.15) is 0 Å². The lowest BCUT2D eigenvalue weighted by Gasteiger charge is -2.16. The molecule has 18 heavy (non-hydrogen) atoms. The monoisotopic (exact) mass is 267 g/mol. The highest BCUT2D eigenvalue weighted by Crippen LogP contribution is 2.13. The average molecular weight is 267 g/mol. The Morgan fingerprint density at radius 3 is 2.22 bits per heavy atom. The van der Waals surface area contributed by atoms with Gasteiger partial charge in [0.25, 0.3) is 0 Å². The Morgan fingerprint density at radius 1 is 1.22 bits per heavy atom. The molecule has 3 nitrogen and oxygen atoms in total. The summed E-state index contributed by atoms with van der Waals surface area (Å²) in [6.45, 7) is 4.00. The molecule has 4 heteroatoms. The zero-order chi connectivity index (χ0) is 13.8. The van der Waals surface area contributed by atoms with Gasteiger partial charge in [-0.25, -0.2) is 8.42 Å². The number of hydrogen-bond acceptors (Lipinski definition) is 3. The van der Waals surface area contributed by atoms with Gasteiger partial charge in [-0.2, -0.15) is 0 Å². The van der Waals surface area contributed by atoms with Gasteiger partial charge in [-0.05, 0) is 44.4 Å². The zero-order valence-corrected chi connectivity index (χ0v) is 12.0. The minimum absolute atomic E-state index is 0.148. The van der Waals surface area contributed by atoms with E-state index in [-0.39, 0.29) is 5.54 Å². The molecule has 1 rings (SSSR count). The van der Waals surface area contributed by atoms with Crippen LogP contribution in [-0.2, 0) is 9.84 Å². The molecule has 0 aliphatic rings. The summed E-state index contributed by atoms with van der Waals surface area (Å²) in [6, 6.07) is 6.87. The zero-order valence-electron chi connectivity index (χ0n) is 11.2.